The van der Waals surface area contributed by atoms with Crippen molar-refractivity contribution in [3.63, 3.8) is 0 Å². The van der Waals surface area contributed by atoms with Crippen LogP contribution in [-0.2, 0) is 19.5 Å². The first-order chi connectivity index (χ1) is 13.7. The van der Waals surface area contributed by atoms with Crippen LogP contribution < -0.4 is 0 Å². The molecular formula is C22H20N4O2. The Balaban J connectivity index is 1.29. The Morgan fingerprint density at radius 3 is 2.82 bits per heavy atom. The topological polar surface area (TPSA) is 68.2 Å². The summed E-state index contributed by atoms with van der Waals surface area (Å²) in [6.07, 6.45) is 4.43. The van der Waals surface area contributed by atoms with Gasteiger partial charge < -0.3 is 8.94 Å². The average Bonchev–Trinajstić information content (AvgIpc) is 3.41. The minimum Gasteiger partial charge on any atom is -0.461 e. The van der Waals surface area contributed by atoms with Gasteiger partial charge >= 0.3 is 0 Å². The number of hydrogen-bond acceptors (Lipinski definition) is 6. The third kappa shape index (κ3) is 3.34. The van der Waals surface area contributed by atoms with E-state index in [0.717, 1.165) is 54.3 Å². The third-order valence-electron chi connectivity index (χ3n) is 5.04. The highest BCUT2D eigenvalue weighted by molar-refractivity contribution is 5.57. The van der Waals surface area contributed by atoms with Crippen LogP contribution in [0.25, 0.3) is 22.9 Å². The highest BCUT2D eigenvalue weighted by atomic mass is 16.5. The Bertz CT molecular complexity index is 1080. The Labute approximate surface area is 162 Å². The minimum atomic E-state index is 0.649. The first-order valence-electron chi connectivity index (χ1n) is 9.38. The molecule has 6 nitrogen and oxygen atoms in total. The molecule has 5 rings (SSSR count). The SMILES string of the molecule is Cc1ccc(-c2cc(CN3CCc4nc(-c5ccco5)ncc4C3)no2)cc1. The van der Waals surface area contributed by atoms with Crippen LogP contribution in [0.4, 0.5) is 0 Å². The fraction of sp³-hybridized carbons (Fsp3) is 0.227. The molecule has 28 heavy (non-hydrogen) atoms. The second-order valence-corrected chi connectivity index (χ2v) is 7.15. The molecule has 0 saturated carbocycles. The Morgan fingerprint density at radius 2 is 2.00 bits per heavy atom. The van der Waals surface area contributed by atoms with Gasteiger partial charge in [0.2, 0.25) is 0 Å². The van der Waals surface area contributed by atoms with Crippen molar-refractivity contribution in [2.75, 3.05) is 6.54 Å². The summed E-state index contributed by atoms with van der Waals surface area (Å²) >= 11 is 0. The van der Waals surface area contributed by atoms with Crippen molar-refractivity contribution >= 4 is 0 Å². The molecule has 0 spiro atoms. The predicted molar refractivity (Wildman–Crippen MR) is 104 cm³/mol. The van der Waals surface area contributed by atoms with E-state index < -0.39 is 0 Å². The van der Waals surface area contributed by atoms with Gasteiger partial charge in [0.25, 0.3) is 0 Å². The van der Waals surface area contributed by atoms with E-state index in [1.54, 1.807) is 6.26 Å². The van der Waals surface area contributed by atoms with E-state index in [1.807, 2.05) is 24.4 Å². The normalized spacial score (nSPS) is 14.2. The molecule has 0 saturated heterocycles. The van der Waals surface area contributed by atoms with Crippen LogP contribution in [0.2, 0.25) is 0 Å². The predicted octanol–water partition coefficient (Wildman–Crippen LogP) is 4.26. The van der Waals surface area contributed by atoms with Crippen molar-refractivity contribution in [2.24, 2.45) is 0 Å². The van der Waals surface area contributed by atoms with E-state index >= 15 is 0 Å². The molecule has 3 aromatic heterocycles. The standard InChI is InChI=1S/C22H20N4O2/c1-15-4-6-16(7-5-15)21-11-18(25-28-21)14-26-9-8-19-17(13-26)12-23-22(24-19)20-3-2-10-27-20/h2-7,10-12H,8-9,13-14H2,1H3. The van der Waals surface area contributed by atoms with Gasteiger partial charge in [-0.2, -0.15) is 0 Å². The van der Waals surface area contributed by atoms with Crippen LogP contribution in [0, 0.1) is 6.92 Å². The smallest absolute Gasteiger partial charge is 0.195 e. The first kappa shape index (κ1) is 16.9. The molecule has 0 bridgehead atoms. The van der Waals surface area contributed by atoms with Gasteiger partial charge in [-0.05, 0) is 19.1 Å². The molecule has 4 aromatic rings. The van der Waals surface area contributed by atoms with E-state index in [-0.39, 0.29) is 0 Å². The molecule has 0 N–H and O–H groups in total. The summed E-state index contributed by atoms with van der Waals surface area (Å²) < 4.78 is 10.9. The number of rotatable bonds is 4. The van der Waals surface area contributed by atoms with Crippen LogP contribution in [0.5, 0.6) is 0 Å². The fourth-order valence-corrected chi connectivity index (χ4v) is 3.50. The van der Waals surface area contributed by atoms with Crippen molar-refractivity contribution in [2.45, 2.75) is 26.4 Å². The fourth-order valence-electron chi connectivity index (χ4n) is 3.50. The number of aryl methyl sites for hydroxylation is 1. The van der Waals surface area contributed by atoms with Gasteiger partial charge in [0.1, 0.15) is 0 Å². The number of furan rings is 1. The molecule has 0 amide bonds. The lowest BCUT2D eigenvalue weighted by molar-refractivity contribution is 0.235. The molecule has 0 unspecified atom stereocenters. The lowest BCUT2D eigenvalue weighted by Gasteiger charge is -2.27. The van der Waals surface area contributed by atoms with E-state index in [2.05, 4.69) is 51.2 Å². The summed E-state index contributed by atoms with van der Waals surface area (Å²) in [6.45, 7) is 4.55. The minimum absolute atomic E-state index is 0.649. The molecule has 6 heteroatoms. The van der Waals surface area contributed by atoms with Gasteiger partial charge in [-0.15, -0.1) is 0 Å². The zero-order valence-corrected chi connectivity index (χ0v) is 15.6. The maximum atomic E-state index is 5.55. The molecular weight excluding hydrogens is 352 g/mol. The van der Waals surface area contributed by atoms with E-state index in [1.165, 1.54) is 5.56 Å². The van der Waals surface area contributed by atoms with Gasteiger partial charge in [0.15, 0.2) is 17.3 Å². The maximum Gasteiger partial charge on any atom is 0.195 e. The molecule has 0 fully saturated rings. The van der Waals surface area contributed by atoms with Crippen molar-refractivity contribution < 1.29 is 8.94 Å². The zero-order valence-electron chi connectivity index (χ0n) is 15.6. The lowest BCUT2D eigenvalue weighted by Crippen LogP contribution is -2.31. The second kappa shape index (κ2) is 7.05. The van der Waals surface area contributed by atoms with Gasteiger partial charge in [-0.25, -0.2) is 9.97 Å². The number of aromatic nitrogens is 3. The quantitative estimate of drug-likeness (QED) is 0.533. The van der Waals surface area contributed by atoms with Crippen molar-refractivity contribution in [3.05, 3.63) is 77.4 Å². The van der Waals surface area contributed by atoms with Crippen LogP contribution in [0.1, 0.15) is 22.5 Å². The molecule has 4 heterocycles. The Morgan fingerprint density at radius 1 is 1.11 bits per heavy atom. The Hall–Kier alpha value is -3.25. The molecule has 0 radical (unpaired) electrons. The van der Waals surface area contributed by atoms with Crippen molar-refractivity contribution in [1.29, 1.82) is 0 Å². The van der Waals surface area contributed by atoms with Crippen molar-refractivity contribution in [1.82, 2.24) is 20.0 Å². The van der Waals surface area contributed by atoms with Crippen LogP contribution >= 0.6 is 0 Å². The summed E-state index contributed by atoms with van der Waals surface area (Å²) in [5.41, 5.74) is 5.47. The number of fused-ring (bicyclic) bond motifs is 1. The van der Waals surface area contributed by atoms with Gasteiger partial charge in [0.05, 0.1) is 17.7 Å². The average molecular weight is 372 g/mol. The van der Waals surface area contributed by atoms with Crippen LogP contribution in [-0.4, -0.2) is 26.6 Å². The zero-order chi connectivity index (χ0) is 18.9. The van der Waals surface area contributed by atoms with Gasteiger partial charge in [-0.1, -0.05) is 35.0 Å². The summed E-state index contributed by atoms with van der Waals surface area (Å²) in [5, 5.41) is 4.25. The summed E-state index contributed by atoms with van der Waals surface area (Å²) in [4.78, 5) is 11.5. The second-order valence-electron chi connectivity index (χ2n) is 7.15. The number of hydrogen-bond donors (Lipinski definition) is 0. The van der Waals surface area contributed by atoms with Crippen LogP contribution in [0.15, 0.2) is 63.9 Å². The van der Waals surface area contributed by atoms with E-state index in [9.17, 15) is 0 Å². The molecule has 140 valence electrons. The monoisotopic (exact) mass is 372 g/mol. The molecule has 0 atom stereocenters. The molecule has 1 aliphatic heterocycles. The van der Waals surface area contributed by atoms with Gasteiger partial charge in [-0.3, -0.25) is 4.90 Å². The summed E-state index contributed by atoms with van der Waals surface area (Å²) in [6, 6.07) is 14.0. The molecule has 1 aromatic carbocycles. The number of nitrogens with zero attached hydrogens (tertiary/aromatic N) is 4. The first-order valence-corrected chi connectivity index (χ1v) is 9.38. The van der Waals surface area contributed by atoms with E-state index in [0.29, 0.717) is 11.6 Å². The lowest BCUT2D eigenvalue weighted by atomic mass is 10.1. The highest BCUT2D eigenvalue weighted by Gasteiger charge is 2.20. The molecule has 0 aliphatic carbocycles. The summed E-state index contributed by atoms with van der Waals surface area (Å²) in [7, 11) is 0. The van der Waals surface area contributed by atoms with Crippen molar-refractivity contribution in [3.8, 4) is 22.9 Å². The third-order valence-corrected chi connectivity index (χ3v) is 5.04. The van der Waals surface area contributed by atoms with Gasteiger partial charge in [0, 0.05) is 49.4 Å². The van der Waals surface area contributed by atoms with Crippen LogP contribution in [0.3, 0.4) is 0 Å². The summed E-state index contributed by atoms with van der Waals surface area (Å²) in [5.74, 6) is 2.16. The number of benzene rings is 1. The maximum absolute atomic E-state index is 5.55. The van der Waals surface area contributed by atoms with E-state index in [4.69, 9.17) is 8.94 Å². The highest BCUT2D eigenvalue weighted by Crippen LogP contribution is 2.24. The molecule has 1 aliphatic rings. The Kier molecular flexibility index (Phi) is 4.25. The largest absolute Gasteiger partial charge is 0.461 e.